The summed E-state index contributed by atoms with van der Waals surface area (Å²) in [5.41, 5.74) is 6.83. The largest absolute Gasteiger partial charge is 0.493 e. The number of nitrogens with zero attached hydrogens (tertiary/aromatic N) is 1. The van der Waals surface area contributed by atoms with Crippen LogP contribution in [0.2, 0.25) is 0 Å². The zero-order chi connectivity index (χ0) is 16.5. The van der Waals surface area contributed by atoms with Crippen molar-refractivity contribution in [1.29, 1.82) is 0 Å². The number of rotatable bonds is 7. The predicted octanol–water partition coefficient (Wildman–Crippen LogP) is 1.29. The summed E-state index contributed by atoms with van der Waals surface area (Å²) < 4.78 is 16.2. The number of guanidine groups is 1. The lowest BCUT2D eigenvalue weighted by Crippen LogP contribution is -2.37. The number of aliphatic imine (C=N–C) groups is 1. The molecule has 1 fully saturated rings. The summed E-state index contributed by atoms with van der Waals surface area (Å²) in [5, 5.41) is 3.09. The van der Waals surface area contributed by atoms with Gasteiger partial charge in [-0.3, -0.25) is 0 Å². The molecule has 23 heavy (non-hydrogen) atoms. The quantitative estimate of drug-likeness (QED) is 0.450. The second-order valence-electron chi connectivity index (χ2n) is 5.20. The highest BCUT2D eigenvalue weighted by Crippen LogP contribution is 2.28. The predicted molar refractivity (Wildman–Crippen MR) is 89.6 cm³/mol. The minimum atomic E-state index is 0.189. The van der Waals surface area contributed by atoms with Crippen LogP contribution in [0.25, 0.3) is 0 Å². The van der Waals surface area contributed by atoms with E-state index >= 15 is 0 Å². The molecule has 0 radical (unpaired) electrons. The first-order valence-electron chi connectivity index (χ1n) is 7.61. The van der Waals surface area contributed by atoms with E-state index in [1.54, 1.807) is 7.11 Å². The Kier molecular flexibility index (Phi) is 6.57. The third-order valence-corrected chi connectivity index (χ3v) is 3.51. The summed E-state index contributed by atoms with van der Waals surface area (Å²) in [6.45, 7) is 2.15. The van der Waals surface area contributed by atoms with Crippen LogP contribution in [0.4, 0.5) is 0 Å². The summed E-state index contributed by atoms with van der Waals surface area (Å²) in [5.74, 6) is 4.08. The molecule has 1 unspecified atom stereocenters. The van der Waals surface area contributed by atoms with Crippen LogP contribution in [0.15, 0.2) is 23.2 Å². The second-order valence-corrected chi connectivity index (χ2v) is 5.20. The lowest BCUT2D eigenvalue weighted by atomic mass is 10.2. The highest BCUT2D eigenvalue weighted by molar-refractivity contribution is 5.77. The molecule has 0 bridgehead atoms. The van der Waals surface area contributed by atoms with Crippen molar-refractivity contribution in [3.63, 3.8) is 0 Å². The van der Waals surface area contributed by atoms with Crippen LogP contribution >= 0.6 is 0 Å². The van der Waals surface area contributed by atoms with Gasteiger partial charge < -0.3 is 25.3 Å². The number of benzene rings is 1. The summed E-state index contributed by atoms with van der Waals surface area (Å²) in [6, 6.07) is 5.60. The van der Waals surface area contributed by atoms with E-state index in [4.69, 9.17) is 26.4 Å². The van der Waals surface area contributed by atoms with Crippen molar-refractivity contribution in [2.45, 2.75) is 25.5 Å². The normalized spacial score (nSPS) is 17.6. The number of hydrogen-bond acceptors (Lipinski definition) is 4. The van der Waals surface area contributed by atoms with Gasteiger partial charge in [0.15, 0.2) is 17.5 Å². The van der Waals surface area contributed by atoms with Crippen molar-refractivity contribution < 1.29 is 14.2 Å². The topological polar surface area (TPSA) is 78.1 Å². The highest BCUT2D eigenvalue weighted by Gasteiger charge is 2.14. The molecule has 3 N–H and O–H groups in total. The standard InChI is InChI=1S/C17H23N3O3/c1-3-8-23-16-10-13(6-7-15(16)21-2)11-19-17(18)20-12-14-5-4-9-22-14/h1,6-7,10,14H,4-5,8-9,11-12H2,2H3,(H3,18,19,20). The van der Waals surface area contributed by atoms with Gasteiger partial charge in [-0.25, -0.2) is 4.99 Å². The molecule has 1 aliphatic rings. The van der Waals surface area contributed by atoms with Crippen LogP contribution in [0, 0.1) is 12.3 Å². The number of nitrogens with two attached hydrogens (primary N) is 1. The lowest BCUT2D eigenvalue weighted by molar-refractivity contribution is 0.114. The SMILES string of the molecule is C#CCOc1cc(CN=C(N)NCC2CCCO2)ccc1OC. The van der Waals surface area contributed by atoms with Crippen LogP contribution in [-0.4, -0.2) is 38.9 Å². The number of ether oxygens (including phenoxy) is 3. The van der Waals surface area contributed by atoms with E-state index in [9.17, 15) is 0 Å². The van der Waals surface area contributed by atoms with Gasteiger partial charge in [-0.1, -0.05) is 12.0 Å². The molecule has 0 saturated carbocycles. The molecule has 0 amide bonds. The molecular weight excluding hydrogens is 294 g/mol. The maximum absolute atomic E-state index is 5.87. The van der Waals surface area contributed by atoms with E-state index in [1.807, 2.05) is 18.2 Å². The molecule has 6 nitrogen and oxygen atoms in total. The molecule has 124 valence electrons. The minimum absolute atomic E-state index is 0.189. The highest BCUT2D eigenvalue weighted by atomic mass is 16.5. The van der Waals surface area contributed by atoms with E-state index in [0.29, 0.717) is 30.5 Å². The molecule has 0 aliphatic carbocycles. The van der Waals surface area contributed by atoms with Crippen LogP contribution in [-0.2, 0) is 11.3 Å². The zero-order valence-corrected chi connectivity index (χ0v) is 13.4. The van der Waals surface area contributed by atoms with Gasteiger partial charge in [0.05, 0.1) is 19.8 Å². The Morgan fingerprint density at radius 3 is 3.09 bits per heavy atom. The fourth-order valence-electron chi connectivity index (χ4n) is 2.31. The first-order valence-corrected chi connectivity index (χ1v) is 7.61. The van der Waals surface area contributed by atoms with Crippen LogP contribution in [0.3, 0.4) is 0 Å². The van der Waals surface area contributed by atoms with Crippen LogP contribution in [0.5, 0.6) is 11.5 Å². The molecule has 1 saturated heterocycles. The molecule has 1 heterocycles. The summed E-state index contributed by atoms with van der Waals surface area (Å²) in [4.78, 5) is 4.32. The van der Waals surface area contributed by atoms with E-state index < -0.39 is 0 Å². The van der Waals surface area contributed by atoms with Gasteiger partial charge in [-0.2, -0.15) is 0 Å². The van der Waals surface area contributed by atoms with Crippen molar-refractivity contribution in [2.75, 3.05) is 26.9 Å². The Bertz CT molecular complexity index is 575. The fourth-order valence-corrected chi connectivity index (χ4v) is 2.31. The third kappa shape index (κ3) is 5.38. The van der Waals surface area contributed by atoms with Gasteiger partial charge in [-0.15, -0.1) is 6.42 Å². The van der Waals surface area contributed by atoms with Gasteiger partial charge >= 0.3 is 0 Å². The van der Waals surface area contributed by atoms with Crippen LogP contribution in [0.1, 0.15) is 18.4 Å². The molecular formula is C17H23N3O3. The molecule has 0 spiro atoms. The summed E-state index contributed by atoms with van der Waals surface area (Å²) >= 11 is 0. The van der Waals surface area contributed by atoms with Crippen molar-refractivity contribution in [2.24, 2.45) is 10.7 Å². The maximum Gasteiger partial charge on any atom is 0.189 e. The molecule has 0 aromatic heterocycles. The first-order chi connectivity index (χ1) is 11.2. The van der Waals surface area contributed by atoms with Crippen molar-refractivity contribution in [1.82, 2.24) is 5.32 Å². The average molecular weight is 317 g/mol. The first kappa shape index (κ1) is 17.0. The van der Waals surface area contributed by atoms with Gasteiger partial charge in [0.1, 0.15) is 6.61 Å². The van der Waals surface area contributed by atoms with E-state index in [1.165, 1.54) is 0 Å². The van der Waals surface area contributed by atoms with E-state index in [0.717, 1.165) is 25.0 Å². The third-order valence-electron chi connectivity index (χ3n) is 3.51. The van der Waals surface area contributed by atoms with Crippen molar-refractivity contribution >= 4 is 5.96 Å². The molecule has 2 rings (SSSR count). The van der Waals surface area contributed by atoms with Gasteiger partial charge in [0, 0.05) is 13.2 Å². The Morgan fingerprint density at radius 2 is 2.39 bits per heavy atom. The minimum Gasteiger partial charge on any atom is -0.493 e. The van der Waals surface area contributed by atoms with Gasteiger partial charge in [-0.05, 0) is 30.5 Å². The average Bonchev–Trinajstić information content (AvgIpc) is 3.09. The maximum atomic E-state index is 5.87. The fraction of sp³-hybridized carbons (Fsp3) is 0.471. The molecule has 1 aromatic carbocycles. The number of nitrogens with one attached hydrogen (secondary N) is 1. The summed E-state index contributed by atoms with van der Waals surface area (Å²) in [6.07, 6.45) is 7.62. The van der Waals surface area contributed by atoms with Crippen molar-refractivity contribution in [3.05, 3.63) is 23.8 Å². The van der Waals surface area contributed by atoms with Crippen LogP contribution < -0.4 is 20.5 Å². The van der Waals surface area contributed by atoms with E-state index in [-0.39, 0.29) is 12.7 Å². The van der Waals surface area contributed by atoms with E-state index in [2.05, 4.69) is 16.2 Å². The smallest absolute Gasteiger partial charge is 0.189 e. The number of methoxy groups -OCH3 is 1. The van der Waals surface area contributed by atoms with Crippen molar-refractivity contribution in [3.8, 4) is 23.8 Å². The molecule has 1 aromatic rings. The Morgan fingerprint density at radius 1 is 1.52 bits per heavy atom. The Labute approximate surface area is 137 Å². The zero-order valence-electron chi connectivity index (χ0n) is 13.4. The molecule has 1 aliphatic heterocycles. The van der Waals surface area contributed by atoms with Gasteiger partial charge in [0.2, 0.25) is 0 Å². The number of terminal acetylenes is 1. The van der Waals surface area contributed by atoms with Gasteiger partial charge in [0.25, 0.3) is 0 Å². The molecule has 6 heteroatoms. The second kappa shape index (κ2) is 8.91. The summed E-state index contributed by atoms with van der Waals surface area (Å²) in [7, 11) is 1.59. The number of hydrogen-bond donors (Lipinski definition) is 2. The Hall–Kier alpha value is -2.39. The molecule has 1 atom stereocenters. The monoisotopic (exact) mass is 317 g/mol. The Balaban J connectivity index is 1.90. The lowest BCUT2D eigenvalue weighted by Gasteiger charge is -2.12.